The highest BCUT2D eigenvalue weighted by Crippen LogP contribution is 2.08. The third kappa shape index (κ3) is 8.57. The fourth-order valence-corrected chi connectivity index (χ4v) is 3.81. The summed E-state index contributed by atoms with van der Waals surface area (Å²) < 4.78 is 23.9. The summed E-state index contributed by atoms with van der Waals surface area (Å²) in [7, 11) is -3.02. The number of nitrogens with one attached hydrogen (secondary N) is 1. The lowest BCUT2D eigenvalue weighted by Gasteiger charge is -2.18. The summed E-state index contributed by atoms with van der Waals surface area (Å²) in [5.74, 6) is 0.595. The van der Waals surface area contributed by atoms with Gasteiger partial charge in [0.25, 0.3) is 0 Å². The molecule has 0 aliphatic rings. The van der Waals surface area contributed by atoms with Crippen LogP contribution in [-0.4, -0.2) is 44.2 Å². The minimum atomic E-state index is -3.02. The van der Waals surface area contributed by atoms with Crippen LogP contribution < -0.4 is 5.32 Å². The summed E-state index contributed by atoms with van der Waals surface area (Å²) in [5.41, 5.74) is 0. The molecule has 0 aromatic carbocycles. The number of sulfone groups is 1. The first-order valence-electron chi connectivity index (χ1n) is 6.49. The zero-order chi connectivity index (χ0) is 13.3. The van der Waals surface area contributed by atoms with E-state index in [1.807, 2.05) is 20.8 Å². The first-order chi connectivity index (χ1) is 7.95. The first-order valence-corrected chi connectivity index (χ1v) is 8.32. The predicted octanol–water partition coefficient (Wildman–Crippen LogP) is 1.20. The molecule has 0 saturated carbocycles. The van der Waals surface area contributed by atoms with Crippen molar-refractivity contribution in [2.75, 3.05) is 24.7 Å². The highest BCUT2D eigenvalue weighted by Gasteiger charge is 2.20. The summed E-state index contributed by atoms with van der Waals surface area (Å²) >= 11 is 0. The van der Waals surface area contributed by atoms with Crippen molar-refractivity contribution in [3.05, 3.63) is 0 Å². The average Bonchev–Trinajstić information content (AvgIpc) is 2.25. The molecule has 17 heavy (non-hydrogen) atoms. The number of aliphatic hydroxyl groups is 1. The normalized spacial score (nSPS) is 15.8. The van der Waals surface area contributed by atoms with Gasteiger partial charge in [0.1, 0.15) is 0 Å². The van der Waals surface area contributed by atoms with Gasteiger partial charge in [-0.1, -0.05) is 27.2 Å². The monoisotopic (exact) mass is 265 g/mol. The Kier molecular flexibility index (Phi) is 8.82. The predicted molar refractivity (Wildman–Crippen MR) is 71.9 cm³/mol. The largest absolute Gasteiger partial charge is 0.396 e. The van der Waals surface area contributed by atoms with Gasteiger partial charge in [0.2, 0.25) is 0 Å². The van der Waals surface area contributed by atoms with Crippen LogP contribution in [0.15, 0.2) is 0 Å². The van der Waals surface area contributed by atoms with E-state index < -0.39 is 9.84 Å². The van der Waals surface area contributed by atoms with Gasteiger partial charge in [-0.25, -0.2) is 8.42 Å². The van der Waals surface area contributed by atoms with E-state index in [1.54, 1.807) is 0 Å². The van der Waals surface area contributed by atoms with Crippen LogP contribution in [0.1, 0.15) is 40.0 Å². The Balaban J connectivity index is 4.30. The summed E-state index contributed by atoms with van der Waals surface area (Å²) in [5, 5.41) is 12.1. The standard InChI is InChI=1S/C12H27NO3S/c1-4-7-13-12(6-8-14)10-17(15,16)9-11(3)5-2/h11-14H,4-10H2,1-3H3. The van der Waals surface area contributed by atoms with E-state index in [4.69, 9.17) is 5.11 Å². The molecule has 0 spiro atoms. The first kappa shape index (κ1) is 16.9. The van der Waals surface area contributed by atoms with Crippen molar-refractivity contribution in [2.24, 2.45) is 5.92 Å². The smallest absolute Gasteiger partial charge is 0.152 e. The molecule has 2 N–H and O–H groups in total. The van der Waals surface area contributed by atoms with Crippen molar-refractivity contribution >= 4 is 9.84 Å². The molecular weight excluding hydrogens is 238 g/mol. The second-order valence-electron chi connectivity index (χ2n) is 4.75. The molecular formula is C12H27NO3S. The van der Waals surface area contributed by atoms with E-state index in [2.05, 4.69) is 5.32 Å². The second-order valence-corrected chi connectivity index (χ2v) is 6.91. The van der Waals surface area contributed by atoms with E-state index in [1.165, 1.54) is 0 Å². The zero-order valence-corrected chi connectivity index (χ0v) is 12.1. The Hall–Kier alpha value is -0.130. The lowest BCUT2D eigenvalue weighted by atomic mass is 10.2. The zero-order valence-electron chi connectivity index (χ0n) is 11.3. The van der Waals surface area contributed by atoms with Gasteiger partial charge < -0.3 is 10.4 Å². The molecule has 5 heteroatoms. The van der Waals surface area contributed by atoms with Crippen molar-refractivity contribution < 1.29 is 13.5 Å². The molecule has 0 fully saturated rings. The number of aliphatic hydroxyl groups excluding tert-OH is 1. The molecule has 0 heterocycles. The Bertz CT molecular complexity index is 277. The van der Waals surface area contributed by atoms with Crippen LogP contribution in [-0.2, 0) is 9.84 Å². The lowest BCUT2D eigenvalue weighted by Crippen LogP contribution is -2.38. The van der Waals surface area contributed by atoms with E-state index in [0.717, 1.165) is 19.4 Å². The molecule has 0 radical (unpaired) electrons. The molecule has 0 saturated heterocycles. The quantitative estimate of drug-likeness (QED) is 0.623. The average molecular weight is 265 g/mol. The van der Waals surface area contributed by atoms with Crippen LogP contribution >= 0.6 is 0 Å². The van der Waals surface area contributed by atoms with Crippen molar-refractivity contribution in [1.29, 1.82) is 0 Å². The maximum Gasteiger partial charge on any atom is 0.152 e. The lowest BCUT2D eigenvalue weighted by molar-refractivity contribution is 0.269. The van der Waals surface area contributed by atoms with Gasteiger partial charge in [-0.15, -0.1) is 0 Å². The molecule has 0 aliphatic carbocycles. The fraction of sp³-hybridized carbons (Fsp3) is 1.00. The minimum absolute atomic E-state index is 0.0280. The molecule has 4 nitrogen and oxygen atoms in total. The van der Waals surface area contributed by atoms with Gasteiger partial charge in [0, 0.05) is 12.6 Å². The summed E-state index contributed by atoms with van der Waals surface area (Å²) in [6.45, 7) is 6.82. The van der Waals surface area contributed by atoms with Crippen LogP contribution in [0.3, 0.4) is 0 Å². The van der Waals surface area contributed by atoms with Crippen molar-refractivity contribution in [3.8, 4) is 0 Å². The van der Waals surface area contributed by atoms with E-state index in [0.29, 0.717) is 6.42 Å². The van der Waals surface area contributed by atoms with E-state index in [-0.39, 0.29) is 30.1 Å². The van der Waals surface area contributed by atoms with E-state index >= 15 is 0 Å². The molecule has 0 aliphatic heterocycles. The van der Waals surface area contributed by atoms with Crippen LogP contribution in [0.4, 0.5) is 0 Å². The van der Waals surface area contributed by atoms with Gasteiger partial charge in [0.05, 0.1) is 11.5 Å². The molecule has 0 aromatic rings. The fourth-order valence-electron chi connectivity index (χ4n) is 1.67. The topological polar surface area (TPSA) is 66.4 Å². The highest BCUT2D eigenvalue weighted by atomic mass is 32.2. The Morgan fingerprint density at radius 3 is 2.35 bits per heavy atom. The summed E-state index contributed by atoms with van der Waals surface area (Å²) in [4.78, 5) is 0. The van der Waals surface area contributed by atoms with Crippen molar-refractivity contribution in [2.45, 2.75) is 46.1 Å². The number of hydrogen-bond donors (Lipinski definition) is 2. The maximum absolute atomic E-state index is 11.9. The third-order valence-electron chi connectivity index (χ3n) is 2.85. The van der Waals surface area contributed by atoms with Gasteiger partial charge in [0.15, 0.2) is 9.84 Å². The summed E-state index contributed by atoms with van der Waals surface area (Å²) in [6.07, 6.45) is 2.35. The van der Waals surface area contributed by atoms with Gasteiger partial charge in [-0.2, -0.15) is 0 Å². The van der Waals surface area contributed by atoms with Crippen LogP contribution in [0.2, 0.25) is 0 Å². The Morgan fingerprint density at radius 2 is 1.88 bits per heavy atom. The van der Waals surface area contributed by atoms with Crippen LogP contribution in [0.25, 0.3) is 0 Å². The van der Waals surface area contributed by atoms with E-state index in [9.17, 15) is 8.42 Å². The van der Waals surface area contributed by atoms with Crippen LogP contribution in [0, 0.1) is 5.92 Å². The van der Waals surface area contributed by atoms with Crippen molar-refractivity contribution in [3.63, 3.8) is 0 Å². The molecule has 0 aromatic heterocycles. The Labute approximate surface area is 106 Å². The van der Waals surface area contributed by atoms with Gasteiger partial charge in [-0.05, 0) is 25.3 Å². The molecule has 104 valence electrons. The summed E-state index contributed by atoms with van der Waals surface area (Å²) in [6, 6.07) is -0.117. The molecule has 2 unspecified atom stereocenters. The molecule has 0 bridgehead atoms. The van der Waals surface area contributed by atoms with Crippen molar-refractivity contribution in [1.82, 2.24) is 5.32 Å². The second kappa shape index (κ2) is 8.89. The molecule has 0 amide bonds. The highest BCUT2D eigenvalue weighted by molar-refractivity contribution is 7.91. The van der Waals surface area contributed by atoms with Gasteiger partial charge >= 0.3 is 0 Å². The number of rotatable bonds is 10. The molecule has 2 atom stereocenters. The minimum Gasteiger partial charge on any atom is -0.396 e. The Morgan fingerprint density at radius 1 is 1.24 bits per heavy atom. The maximum atomic E-state index is 11.9. The SMILES string of the molecule is CCCNC(CCO)CS(=O)(=O)CC(C)CC. The van der Waals surface area contributed by atoms with Crippen LogP contribution in [0.5, 0.6) is 0 Å². The van der Waals surface area contributed by atoms with Gasteiger partial charge in [-0.3, -0.25) is 0 Å². The third-order valence-corrected chi connectivity index (χ3v) is 4.84. The number of hydrogen-bond acceptors (Lipinski definition) is 4. The molecule has 0 rings (SSSR count).